The van der Waals surface area contributed by atoms with Crippen LogP contribution < -0.4 is 5.73 Å². The molecular formula is C6H5F3N2O. The summed E-state index contributed by atoms with van der Waals surface area (Å²) < 4.78 is 35.8. The monoisotopic (exact) mass is 178 g/mol. The second-order valence-corrected chi connectivity index (χ2v) is 2.13. The number of nitrogen functional groups attached to an aromatic ring is 1. The first kappa shape index (κ1) is 8.63. The average Bonchev–Trinajstić information content (AvgIpc) is 1.83. The van der Waals surface area contributed by atoms with Crippen molar-refractivity contribution in [1.29, 1.82) is 0 Å². The van der Waals surface area contributed by atoms with Crippen molar-refractivity contribution < 1.29 is 18.3 Å². The van der Waals surface area contributed by atoms with Crippen molar-refractivity contribution in [3.05, 3.63) is 18.0 Å². The molecule has 0 bridgehead atoms. The molecule has 12 heavy (non-hydrogen) atoms. The lowest BCUT2D eigenvalue weighted by atomic mass is 10.3. The van der Waals surface area contributed by atoms with E-state index in [2.05, 4.69) is 4.98 Å². The van der Waals surface area contributed by atoms with Gasteiger partial charge >= 0.3 is 6.18 Å². The number of aromatic nitrogens is 1. The second kappa shape index (κ2) is 2.54. The van der Waals surface area contributed by atoms with Crippen LogP contribution in [0.25, 0.3) is 0 Å². The van der Waals surface area contributed by atoms with Gasteiger partial charge in [0, 0.05) is 6.07 Å². The summed E-state index contributed by atoms with van der Waals surface area (Å²) in [6.45, 7) is 0. The van der Waals surface area contributed by atoms with Gasteiger partial charge in [-0.3, -0.25) is 0 Å². The molecule has 0 unspecified atom stereocenters. The molecule has 6 heteroatoms. The van der Waals surface area contributed by atoms with Gasteiger partial charge < -0.3 is 10.8 Å². The van der Waals surface area contributed by atoms with E-state index in [0.717, 1.165) is 12.3 Å². The first-order valence-electron chi connectivity index (χ1n) is 2.93. The zero-order chi connectivity index (χ0) is 9.35. The number of halogens is 3. The van der Waals surface area contributed by atoms with Gasteiger partial charge in [-0.25, -0.2) is 4.98 Å². The zero-order valence-corrected chi connectivity index (χ0v) is 5.76. The Hall–Kier alpha value is -1.46. The van der Waals surface area contributed by atoms with Gasteiger partial charge in [0.1, 0.15) is 5.75 Å². The average molecular weight is 178 g/mol. The molecule has 1 heterocycles. The van der Waals surface area contributed by atoms with E-state index in [0.29, 0.717) is 0 Å². The summed E-state index contributed by atoms with van der Waals surface area (Å²) in [7, 11) is 0. The van der Waals surface area contributed by atoms with Gasteiger partial charge in [0.25, 0.3) is 0 Å². The summed E-state index contributed by atoms with van der Waals surface area (Å²) in [5.41, 5.74) is 3.75. The molecule has 3 N–H and O–H groups in total. The molecule has 0 aliphatic carbocycles. The highest BCUT2D eigenvalue weighted by Gasteiger charge is 2.35. The van der Waals surface area contributed by atoms with Crippen LogP contribution >= 0.6 is 0 Å². The minimum Gasteiger partial charge on any atom is -0.506 e. The van der Waals surface area contributed by atoms with Crippen LogP contribution in [0.1, 0.15) is 5.69 Å². The smallest absolute Gasteiger partial charge is 0.437 e. The molecule has 0 saturated heterocycles. The Morgan fingerprint density at radius 2 is 2.00 bits per heavy atom. The number of hydrogen-bond donors (Lipinski definition) is 2. The SMILES string of the molecule is Nc1cnc(C(F)(F)F)c(O)c1. The van der Waals surface area contributed by atoms with Crippen molar-refractivity contribution in [2.24, 2.45) is 0 Å². The van der Waals surface area contributed by atoms with Gasteiger partial charge in [-0.1, -0.05) is 0 Å². The molecule has 0 amide bonds. The number of nitrogens with two attached hydrogens (primary N) is 1. The van der Waals surface area contributed by atoms with Gasteiger partial charge in [-0.05, 0) is 0 Å². The van der Waals surface area contributed by atoms with Crippen LogP contribution in [0.2, 0.25) is 0 Å². The number of nitrogens with zero attached hydrogens (tertiary/aromatic N) is 1. The molecule has 0 aliphatic heterocycles. The van der Waals surface area contributed by atoms with Crippen LogP contribution in [0.5, 0.6) is 5.75 Å². The highest BCUT2D eigenvalue weighted by atomic mass is 19.4. The summed E-state index contributed by atoms with van der Waals surface area (Å²) in [5.74, 6) is -0.956. The Labute approximate surface area is 65.6 Å². The summed E-state index contributed by atoms with van der Waals surface area (Å²) in [6.07, 6.45) is -3.81. The van der Waals surface area contributed by atoms with Crippen molar-refractivity contribution in [3.63, 3.8) is 0 Å². The molecule has 0 atom stereocenters. The van der Waals surface area contributed by atoms with Crippen molar-refractivity contribution in [2.45, 2.75) is 6.18 Å². The lowest BCUT2D eigenvalue weighted by Crippen LogP contribution is -2.08. The van der Waals surface area contributed by atoms with Crippen molar-refractivity contribution >= 4 is 5.69 Å². The maximum Gasteiger partial charge on any atom is 0.437 e. The molecule has 3 nitrogen and oxygen atoms in total. The van der Waals surface area contributed by atoms with Gasteiger partial charge in [-0.2, -0.15) is 13.2 Å². The Kier molecular flexibility index (Phi) is 1.83. The van der Waals surface area contributed by atoms with Crippen LogP contribution in [-0.4, -0.2) is 10.1 Å². The third-order valence-electron chi connectivity index (χ3n) is 1.16. The molecule has 0 aliphatic rings. The number of hydrogen-bond acceptors (Lipinski definition) is 3. The van der Waals surface area contributed by atoms with Gasteiger partial charge in [0.05, 0.1) is 11.9 Å². The largest absolute Gasteiger partial charge is 0.506 e. The molecule has 0 radical (unpaired) electrons. The first-order chi connectivity index (χ1) is 5.41. The van der Waals surface area contributed by atoms with Gasteiger partial charge in [-0.15, -0.1) is 0 Å². The Balaban J connectivity index is 3.19. The van der Waals surface area contributed by atoms with E-state index < -0.39 is 17.6 Å². The number of alkyl halides is 3. The number of pyridine rings is 1. The molecule has 0 saturated carbocycles. The zero-order valence-electron chi connectivity index (χ0n) is 5.76. The van der Waals surface area contributed by atoms with Crippen molar-refractivity contribution in [3.8, 4) is 5.75 Å². The number of rotatable bonds is 0. The summed E-state index contributed by atoms with van der Waals surface area (Å²) >= 11 is 0. The van der Waals surface area contributed by atoms with E-state index in [1.165, 1.54) is 0 Å². The fourth-order valence-electron chi connectivity index (χ4n) is 0.687. The van der Waals surface area contributed by atoms with Gasteiger partial charge in [0.15, 0.2) is 5.69 Å². The fourth-order valence-corrected chi connectivity index (χ4v) is 0.687. The predicted molar refractivity (Wildman–Crippen MR) is 35.3 cm³/mol. The molecule has 66 valence electrons. The molecule has 0 spiro atoms. The van der Waals surface area contributed by atoms with E-state index in [4.69, 9.17) is 10.8 Å². The van der Waals surface area contributed by atoms with Crippen LogP contribution in [0.15, 0.2) is 12.3 Å². The molecule has 0 fully saturated rings. The van der Waals surface area contributed by atoms with Gasteiger partial charge in [0.2, 0.25) is 0 Å². The van der Waals surface area contributed by atoms with E-state index in [9.17, 15) is 13.2 Å². The van der Waals surface area contributed by atoms with E-state index >= 15 is 0 Å². The normalized spacial score (nSPS) is 11.6. The third-order valence-corrected chi connectivity index (χ3v) is 1.16. The maximum absolute atomic E-state index is 11.9. The minimum absolute atomic E-state index is 0.0134. The van der Waals surface area contributed by atoms with Crippen molar-refractivity contribution in [1.82, 2.24) is 4.98 Å². The highest BCUT2D eigenvalue weighted by molar-refractivity contribution is 5.43. The standard InChI is InChI=1S/C6H5F3N2O/c7-6(8,9)5-4(12)1-3(10)2-11-5/h1-2,12H,10H2. The fraction of sp³-hybridized carbons (Fsp3) is 0.167. The maximum atomic E-state index is 11.9. The summed E-state index contributed by atoms with van der Waals surface area (Å²) in [6, 6.07) is 0.801. The summed E-state index contributed by atoms with van der Waals surface area (Å²) in [5, 5.41) is 8.76. The Morgan fingerprint density at radius 1 is 1.42 bits per heavy atom. The van der Waals surface area contributed by atoms with E-state index in [1.54, 1.807) is 0 Å². The summed E-state index contributed by atoms with van der Waals surface area (Å²) in [4.78, 5) is 2.95. The number of aromatic hydroxyl groups is 1. The quantitative estimate of drug-likeness (QED) is 0.631. The lowest BCUT2D eigenvalue weighted by molar-refractivity contribution is -0.142. The molecule has 1 aromatic rings. The molecule has 1 rings (SSSR count). The van der Waals surface area contributed by atoms with Crippen molar-refractivity contribution in [2.75, 3.05) is 5.73 Å². The lowest BCUT2D eigenvalue weighted by Gasteiger charge is -2.06. The Bertz CT molecular complexity index is 297. The van der Waals surface area contributed by atoms with E-state index in [1.807, 2.05) is 0 Å². The first-order valence-corrected chi connectivity index (χ1v) is 2.93. The van der Waals surface area contributed by atoms with Crippen LogP contribution in [0.4, 0.5) is 18.9 Å². The van der Waals surface area contributed by atoms with E-state index in [-0.39, 0.29) is 5.69 Å². The topological polar surface area (TPSA) is 59.1 Å². The molecule has 1 aromatic heterocycles. The van der Waals surface area contributed by atoms with Crippen LogP contribution in [0.3, 0.4) is 0 Å². The third kappa shape index (κ3) is 1.58. The van der Waals surface area contributed by atoms with Crippen LogP contribution in [-0.2, 0) is 6.18 Å². The second-order valence-electron chi connectivity index (χ2n) is 2.13. The molecule has 0 aromatic carbocycles. The Morgan fingerprint density at radius 3 is 2.42 bits per heavy atom. The minimum atomic E-state index is -4.64. The predicted octanol–water partition coefficient (Wildman–Crippen LogP) is 1.39. The molecular weight excluding hydrogens is 173 g/mol. The van der Waals surface area contributed by atoms with Crippen LogP contribution in [0, 0.1) is 0 Å². The highest BCUT2D eigenvalue weighted by Crippen LogP contribution is 2.34. The number of anilines is 1.